The number of hydrogen-bond donors (Lipinski definition) is 1. The maximum Gasteiger partial charge on any atom is 0.222 e. The minimum absolute atomic E-state index is 0.268. The van der Waals surface area contributed by atoms with Crippen LogP contribution in [0, 0.1) is 0 Å². The number of ether oxygens (including phenoxy) is 1. The highest BCUT2D eigenvalue weighted by molar-refractivity contribution is 5.53. The number of nitrogens with zero attached hydrogens (tertiary/aromatic N) is 4. The fraction of sp³-hybridized carbons (Fsp3) is 0.350. The van der Waals surface area contributed by atoms with Crippen LogP contribution < -0.4 is 5.32 Å². The fourth-order valence-corrected chi connectivity index (χ4v) is 3.20. The van der Waals surface area contributed by atoms with Gasteiger partial charge in [0.2, 0.25) is 5.95 Å². The Hall–Kier alpha value is -2.73. The van der Waals surface area contributed by atoms with Crippen molar-refractivity contribution in [2.75, 3.05) is 11.9 Å². The van der Waals surface area contributed by atoms with Crippen molar-refractivity contribution in [2.24, 2.45) is 0 Å². The second-order valence-electron chi connectivity index (χ2n) is 6.53. The summed E-state index contributed by atoms with van der Waals surface area (Å²) in [6.07, 6.45) is 11.2. The van der Waals surface area contributed by atoms with Crippen LogP contribution in [-0.4, -0.2) is 32.2 Å². The van der Waals surface area contributed by atoms with Crippen molar-refractivity contribution >= 4 is 5.95 Å². The summed E-state index contributed by atoms with van der Waals surface area (Å²) >= 11 is 0. The van der Waals surface area contributed by atoms with E-state index >= 15 is 0 Å². The van der Waals surface area contributed by atoms with Crippen LogP contribution in [0.15, 0.2) is 55.1 Å². The summed E-state index contributed by atoms with van der Waals surface area (Å²) in [5.41, 5.74) is 2.11. The maximum atomic E-state index is 5.85. The quantitative estimate of drug-likeness (QED) is 0.738. The molecule has 0 unspecified atom stereocenters. The number of nitrogens with one attached hydrogen (secondary N) is 1. The van der Waals surface area contributed by atoms with Gasteiger partial charge in [-0.1, -0.05) is 30.3 Å². The van der Waals surface area contributed by atoms with E-state index in [4.69, 9.17) is 4.74 Å². The van der Waals surface area contributed by atoms with E-state index in [9.17, 15) is 0 Å². The van der Waals surface area contributed by atoms with Crippen LogP contribution in [-0.2, 0) is 17.8 Å². The fourth-order valence-electron chi connectivity index (χ4n) is 3.20. The molecule has 0 radical (unpaired) electrons. The Kier molecular flexibility index (Phi) is 5.21. The van der Waals surface area contributed by atoms with E-state index in [1.807, 2.05) is 43.0 Å². The third kappa shape index (κ3) is 4.08. The lowest BCUT2D eigenvalue weighted by atomic mass is 10.1. The Balaban J connectivity index is 1.41. The van der Waals surface area contributed by atoms with Gasteiger partial charge in [-0.05, 0) is 24.8 Å². The zero-order valence-electron chi connectivity index (χ0n) is 14.7. The van der Waals surface area contributed by atoms with E-state index < -0.39 is 0 Å². The van der Waals surface area contributed by atoms with Gasteiger partial charge in [-0.15, -0.1) is 0 Å². The zero-order valence-corrected chi connectivity index (χ0v) is 14.7. The molecule has 1 N–H and O–H groups in total. The normalized spacial score (nSPS) is 17.2. The minimum atomic E-state index is 0.268. The molecule has 1 aliphatic rings. The van der Waals surface area contributed by atoms with Crippen LogP contribution in [0.25, 0.3) is 11.4 Å². The molecule has 0 spiro atoms. The summed E-state index contributed by atoms with van der Waals surface area (Å²) in [4.78, 5) is 13.3. The van der Waals surface area contributed by atoms with Crippen molar-refractivity contribution in [3.8, 4) is 11.4 Å². The second kappa shape index (κ2) is 8.10. The monoisotopic (exact) mass is 349 g/mol. The smallest absolute Gasteiger partial charge is 0.222 e. The van der Waals surface area contributed by atoms with Crippen molar-refractivity contribution < 1.29 is 4.74 Å². The molecule has 2 aromatic heterocycles. The molecule has 0 aliphatic carbocycles. The summed E-state index contributed by atoms with van der Waals surface area (Å²) in [5, 5.41) is 3.24. The highest BCUT2D eigenvalue weighted by Gasteiger charge is 2.16. The van der Waals surface area contributed by atoms with Gasteiger partial charge in [0, 0.05) is 37.9 Å². The van der Waals surface area contributed by atoms with Crippen molar-refractivity contribution in [3.63, 3.8) is 0 Å². The van der Waals surface area contributed by atoms with Gasteiger partial charge < -0.3 is 14.6 Å². The predicted molar refractivity (Wildman–Crippen MR) is 101 cm³/mol. The molecule has 134 valence electrons. The first kappa shape index (κ1) is 16.7. The number of imidazole rings is 1. The summed E-state index contributed by atoms with van der Waals surface area (Å²) in [5.74, 6) is 1.50. The lowest BCUT2D eigenvalue weighted by molar-refractivity contribution is 0.00624. The van der Waals surface area contributed by atoms with Gasteiger partial charge in [-0.25, -0.2) is 15.0 Å². The van der Waals surface area contributed by atoms with E-state index in [0.29, 0.717) is 12.5 Å². The van der Waals surface area contributed by atoms with E-state index in [-0.39, 0.29) is 6.10 Å². The molecule has 6 heteroatoms. The van der Waals surface area contributed by atoms with Gasteiger partial charge in [-0.3, -0.25) is 0 Å². The van der Waals surface area contributed by atoms with Gasteiger partial charge in [0.15, 0.2) is 0 Å². The van der Waals surface area contributed by atoms with E-state index in [2.05, 4.69) is 37.0 Å². The number of anilines is 1. The van der Waals surface area contributed by atoms with Gasteiger partial charge >= 0.3 is 0 Å². The van der Waals surface area contributed by atoms with Crippen molar-refractivity contribution in [3.05, 3.63) is 60.7 Å². The zero-order chi connectivity index (χ0) is 17.6. The van der Waals surface area contributed by atoms with Gasteiger partial charge in [0.05, 0.1) is 18.2 Å². The third-order valence-corrected chi connectivity index (χ3v) is 4.59. The van der Waals surface area contributed by atoms with E-state index in [1.165, 1.54) is 18.4 Å². The number of rotatable bonds is 6. The van der Waals surface area contributed by atoms with E-state index in [1.54, 1.807) is 0 Å². The summed E-state index contributed by atoms with van der Waals surface area (Å²) in [7, 11) is 0. The highest BCUT2D eigenvalue weighted by atomic mass is 16.5. The Morgan fingerprint density at radius 2 is 1.92 bits per heavy atom. The summed E-state index contributed by atoms with van der Waals surface area (Å²) in [6, 6.07) is 10.2. The first-order valence-corrected chi connectivity index (χ1v) is 9.11. The Labute approximate surface area is 153 Å². The molecule has 1 atom stereocenters. The molecule has 0 amide bonds. The van der Waals surface area contributed by atoms with Gasteiger partial charge in [-0.2, -0.15) is 0 Å². The topological polar surface area (TPSA) is 64.9 Å². The summed E-state index contributed by atoms with van der Waals surface area (Å²) in [6.45, 7) is 2.39. The molecule has 4 rings (SSSR count). The summed E-state index contributed by atoms with van der Waals surface area (Å²) < 4.78 is 7.98. The minimum Gasteiger partial charge on any atom is -0.376 e. The van der Waals surface area contributed by atoms with Crippen molar-refractivity contribution in [1.29, 1.82) is 0 Å². The second-order valence-corrected chi connectivity index (χ2v) is 6.53. The molecule has 0 saturated carbocycles. The molecule has 3 aromatic rings. The van der Waals surface area contributed by atoms with Crippen LogP contribution in [0.3, 0.4) is 0 Å². The van der Waals surface area contributed by atoms with Crippen molar-refractivity contribution in [2.45, 2.75) is 38.5 Å². The number of hydrogen-bond acceptors (Lipinski definition) is 5. The molecular formula is C20H23N5O. The molecule has 3 heterocycles. The average molecular weight is 349 g/mol. The predicted octanol–water partition coefficient (Wildman–Crippen LogP) is 3.52. The van der Waals surface area contributed by atoms with Crippen LogP contribution >= 0.6 is 0 Å². The average Bonchev–Trinajstić information content (AvgIpc) is 3.16. The molecule has 1 saturated heterocycles. The Bertz CT molecular complexity index is 810. The lowest BCUT2D eigenvalue weighted by Crippen LogP contribution is -2.24. The first-order valence-electron chi connectivity index (χ1n) is 9.11. The SMILES string of the molecule is c1ccc(CNc2ncc(-c3nccn3C[C@@H]3CCCCO3)cn2)cc1. The molecule has 1 fully saturated rings. The molecular weight excluding hydrogens is 326 g/mol. The van der Waals surface area contributed by atoms with Gasteiger partial charge in [0.25, 0.3) is 0 Å². The molecule has 1 aliphatic heterocycles. The number of benzene rings is 1. The van der Waals surface area contributed by atoms with E-state index in [0.717, 1.165) is 31.0 Å². The van der Waals surface area contributed by atoms with Crippen LogP contribution in [0.5, 0.6) is 0 Å². The van der Waals surface area contributed by atoms with Crippen molar-refractivity contribution in [1.82, 2.24) is 19.5 Å². The maximum absolute atomic E-state index is 5.85. The first-order chi connectivity index (χ1) is 12.9. The molecule has 0 bridgehead atoms. The standard InChI is InChI=1S/C20H23N5O/c1-2-6-16(7-3-1)12-22-20-23-13-17(14-24-20)19-21-9-10-25(19)15-18-8-4-5-11-26-18/h1-3,6-7,9-10,13-14,18H,4-5,8,11-12,15H2,(H,22,23,24)/t18-/m0/s1. The van der Waals surface area contributed by atoms with Crippen LogP contribution in [0.1, 0.15) is 24.8 Å². The van der Waals surface area contributed by atoms with Crippen LogP contribution in [0.2, 0.25) is 0 Å². The molecule has 26 heavy (non-hydrogen) atoms. The lowest BCUT2D eigenvalue weighted by Gasteiger charge is -2.23. The third-order valence-electron chi connectivity index (χ3n) is 4.59. The number of aromatic nitrogens is 4. The highest BCUT2D eigenvalue weighted by Crippen LogP contribution is 2.20. The van der Waals surface area contributed by atoms with Gasteiger partial charge in [0.1, 0.15) is 5.82 Å². The van der Waals surface area contributed by atoms with Crippen LogP contribution in [0.4, 0.5) is 5.95 Å². The molecule has 1 aromatic carbocycles. The Morgan fingerprint density at radius 3 is 2.69 bits per heavy atom. The largest absolute Gasteiger partial charge is 0.376 e. The molecule has 6 nitrogen and oxygen atoms in total. The Morgan fingerprint density at radius 1 is 1.08 bits per heavy atom.